The smallest absolute Gasteiger partial charge is 0 e. The summed E-state index contributed by atoms with van der Waals surface area (Å²) in [5.74, 6) is 7.15. The van der Waals surface area contributed by atoms with Crippen molar-refractivity contribution in [3.63, 3.8) is 0 Å². The van der Waals surface area contributed by atoms with Gasteiger partial charge in [-0.2, -0.15) is 0 Å². The zero-order chi connectivity index (χ0) is 19.5. The average Bonchev–Trinajstić information content (AvgIpc) is 2.74. The molecule has 0 nitrogen and oxygen atoms in total. The zero-order valence-electron chi connectivity index (χ0n) is 18.7. The number of hydrogen-bond acceptors (Lipinski definition) is 0. The summed E-state index contributed by atoms with van der Waals surface area (Å²) in [6.45, 7) is 10.9. The van der Waals surface area contributed by atoms with Gasteiger partial charge in [-0.05, 0) is 113 Å². The quantitative estimate of drug-likeness (QED) is 0.199. The SMILES string of the molecule is C=CC1CCC(/C=C/C2CCC(C3CCC(C=C)CC3)CC2)CC1.[C-]#C[CH2-].[V].[V].[V]. The van der Waals surface area contributed by atoms with Crippen LogP contribution in [0.1, 0.15) is 77.0 Å². The molecule has 0 amide bonds. The first kappa shape index (κ1) is 32.6. The van der Waals surface area contributed by atoms with Crippen molar-refractivity contribution in [3.05, 3.63) is 50.8 Å². The Bertz CT molecular complexity index is 495. The van der Waals surface area contributed by atoms with E-state index in [0.717, 1.165) is 35.5 Å². The summed E-state index contributed by atoms with van der Waals surface area (Å²) in [7, 11) is 0. The fourth-order valence-electron chi connectivity index (χ4n) is 5.55. The van der Waals surface area contributed by atoms with Crippen molar-refractivity contribution in [1.29, 1.82) is 0 Å². The van der Waals surface area contributed by atoms with Gasteiger partial charge in [-0.15, -0.1) is 13.2 Å². The van der Waals surface area contributed by atoms with Gasteiger partial charge in [0.15, 0.2) is 0 Å². The Hall–Kier alpha value is 0.403. The Balaban J connectivity index is 0. The van der Waals surface area contributed by atoms with Gasteiger partial charge in [-0.3, -0.25) is 0 Å². The molecule has 0 aromatic rings. The van der Waals surface area contributed by atoms with E-state index in [1.54, 1.807) is 5.92 Å². The van der Waals surface area contributed by atoms with E-state index < -0.39 is 0 Å². The van der Waals surface area contributed by atoms with Gasteiger partial charge in [0.2, 0.25) is 0 Å². The van der Waals surface area contributed by atoms with Crippen molar-refractivity contribution in [2.24, 2.45) is 35.5 Å². The van der Waals surface area contributed by atoms with Gasteiger partial charge in [-0.25, -0.2) is 0 Å². The molecule has 3 aliphatic rings. The first-order valence-corrected chi connectivity index (χ1v) is 11.3. The van der Waals surface area contributed by atoms with E-state index in [1.807, 2.05) is 0 Å². The fourth-order valence-corrected chi connectivity index (χ4v) is 5.55. The molecule has 0 bridgehead atoms. The predicted octanol–water partition coefficient (Wildman–Crippen LogP) is 7.74. The molecular formula is C27H40V3-2. The third-order valence-corrected chi connectivity index (χ3v) is 7.44. The molecule has 0 N–H and O–H groups in total. The van der Waals surface area contributed by atoms with Gasteiger partial charge in [0.1, 0.15) is 0 Å². The van der Waals surface area contributed by atoms with Crippen LogP contribution >= 0.6 is 0 Å². The Labute approximate surface area is 223 Å². The molecule has 0 aromatic heterocycles. The molecule has 0 aromatic carbocycles. The monoisotopic (exact) mass is 517 g/mol. The molecule has 165 valence electrons. The summed E-state index contributed by atoms with van der Waals surface area (Å²) in [6, 6.07) is 0. The number of allylic oxidation sites excluding steroid dienone is 4. The molecule has 0 saturated heterocycles. The van der Waals surface area contributed by atoms with Crippen LogP contribution < -0.4 is 0 Å². The molecule has 3 fully saturated rings. The van der Waals surface area contributed by atoms with Crippen LogP contribution in [0, 0.1) is 54.8 Å². The molecular weight excluding hydrogens is 477 g/mol. The summed E-state index contributed by atoms with van der Waals surface area (Å²) >= 11 is 0. The largest absolute Gasteiger partial charge is 0.729 e. The van der Waals surface area contributed by atoms with Crippen LogP contribution in [0.15, 0.2) is 37.5 Å². The molecule has 30 heavy (non-hydrogen) atoms. The van der Waals surface area contributed by atoms with Crippen LogP contribution in [0.4, 0.5) is 0 Å². The number of hydrogen-bond donors (Lipinski definition) is 0. The first-order chi connectivity index (χ1) is 13.2. The summed E-state index contributed by atoms with van der Waals surface area (Å²) in [5.41, 5.74) is 0. The maximum atomic E-state index is 5.85. The summed E-state index contributed by atoms with van der Waals surface area (Å²) in [6.07, 6.45) is 32.5. The van der Waals surface area contributed by atoms with Crippen molar-refractivity contribution in [2.45, 2.75) is 77.0 Å². The molecule has 3 radical (unpaired) electrons. The van der Waals surface area contributed by atoms with E-state index in [-0.39, 0.29) is 55.7 Å². The van der Waals surface area contributed by atoms with Gasteiger partial charge >= 0.3 is 0 Å². The van der Waals surface area contributed by atoms with Crippen molar-refractivity contribution in [1.82, 2.24) is 0 Å². The Morgan fingerprint density at radius 1 is 0.567 bits per heavy atom. The van der Waals surface area contributed by atoms with E-state index in [0.29, 0.717) is 0 Å². The molecule has 0 heterocycles. The second kappa shape index (κ2) is 18.9. The molecule has 0 unspecified atom stereocenters. The van der Waals surface area contributed by atoms with Gasteiger partial charge in [0, 0.05) is 55.7 Å². The average molecular weight is 517 g/mol. The third-order valence-electron chi connectivity index (χ3n) is 7.44. The van der Waals surface area contributed by atoms with Crippen LogP contribution in [0.2, 0.25) is 0 Å². The Morgan fingerprint density at radius 3 is 1.10 bits per heavy atom. The maximum absolute atomic E-state index is 5.85. The number of rotatable bonds is 5. The fraction of sp³-hybridized carbons (Fsp3) is 0.667. The summed E-state index contributed by atoms with van der Waals surface area (Å²) in [4.78, 5) is 0. The zero-order valence-corrected chi connectivity index (χ0v) is 22.9. The second-order valence-electron chi connectivity index (χ2n) is 9.06. The summed E-state index contributed by atoms with van der Waals surface area (Å²) < 4.78 is 0. The van der Waals surface area contributed by atoms with E-state index >= 15 is 0 Å². The third kappa shape index (κ3) is 11.3. The molecule has 0 aliphatic heterocycles. The minimum Gasteiger partial charge on any atom is -0.729 e. The van der Waals surface area contributed by atoms with Gasteiger partial charge in [0.25, 0.3) is 0 Å². The van der Waals surface area contributed by atoms with E-state index in [2.05, 4.69) is 44.4 Å². The molecule has 0 spiro atoms. The Kier molecular flexibility index (Phi) is 20.6. The molecule has 3 saturated carbocycles. The minimum atomic E-state index is 0. The topological polar surface area (TPSA) is 0 Å². The van der Waals surface area contributed by atoms with Crippen LogP contribution in [-0.4, -0.2) is 0 Å². The maximum Gasteiger partial charge on any atom is 0 e. The van der Waals surface area contributed by atoms with Crippen molar-refractivity contribution in [2.75, 3.05) is 0 Å². The van der Waals surface area contributed by atoms with Crippen molar-refractivity contribution < 1.29 is 55.7 Å². The summed E-state index contributed by atoms with van der Waals surface area (Å²) in [5, 5.41) is 0. The van der Waals surface area contributed by atoms with Gasteiger partial charge in [-0.1, -0.05) is 24.3 Å². The van der Waals surface area contributed by atoms with E-state index in [4.69, 9.17) is 6.42 Å². The standard InChI is InChI=1S/C24H38.C3H2.3V/c1-3-19-5-7-21(8-6-19)9-10-22-13-17-24(18-14-22)23-15-11-20(4-2)12-16-23;1-3-2;;;/h3-4,9-10,19-24H,1-2,5-8,11-18H2;1H2;;;/q;-2;;;/b10-9+;;;;. The van der Waals surface area contributed by atoms with E-state index in [1.165, 1.54) is 77.0 Å². The van der Waals surface area contributed by atoms with Crippen molar-refractivity contribution in [3.8, 4) is 5.92 Å². The Morgan fingerprint density at radius 2 is 0.800 bits per heavy atom. The van der Waals surface area contributed by atoms with E-state index in [9.17, 15) is 0 Å². The van der Waals surface area contributed by atoms with Gasteiger partial charge < -0.3 is 19.3 Å². The molecule has 3 heteroatoms. The normalized spacial score (nSPS) is 33.2. The van der Waals surface area contributed by atoms with Crippen molar-refractivity contribution >= 4 is 0 Å². The van der Waals surface area contributed by atoms with Crippen LogP contribution in [0.3, 0.4) is 0 Å². The first-order valence-electron chi connectivity index (χ1n) is 11.3. The van der Waals surface area contributed by atoms with Gasteiger partial charge in [0.05, 0.1) is 0 Å². The van der Waals surface area contributed by atoms with Crippen LogP contribution in [0.5, 0.6) is 0 Å². The van der Waals surface area contributed by atoms with Crippen LogP contribution in [0.25, 0.3) is 0 Å². The van der Waals surface area contributed by atoms with Crippen LogP contribution in [-0.2, 0) is 55.7 Å². The molecule has 3 rings (SSSR count). The predicted molar refractivity (Wildman–Crippen MR) is 118 cm³/mol. The molecule has 0 atom stereocenters. The molecule has 3 aliphatic carbocycles. The minimum absolute atomic E-state index is 0. The second-order valence-corrected chi connectivity index (χ2v) is 9.06.